The zero-order valence-electron chi connectivity index (χ0n) is 11.5. The van der Waals surface area contributed by atoms with Gasteiger partial charge in [0, 0.05) is 18.0 Å². The topological polar surface area (TPSA) is 46.0 Å². The number of fused-ring (bicyclic) bond motifs is 1. The lowest BCUT2D eigenvalue weighted by Crippen LogP contribution is -2.02. The molecule has 0 radical (unpaired) electrons. The van der Waals surface area contributed by atoms with Crippen LogP contribution in [-0.4, -0.2) is 15.1 Å². The van der Waals surface area contributed by atoms with Gasteiger partial charge < -0.3 is 5.11 Å². The summed E-state index contributed by atoms with van der Waals surface area (Å²) in [6.45, 7) is 4.11. The number of aromatic nitrogens is 2. The molecule has 1 heterocycles. The van der Waals surface area contributed by atoms with Crippen molar-refractivity contribution in [1.82, 2.24) is 9.97 Å². The Morgan fingerprint density at radius 1 is 0.950 bits per heavy atom. The van der Waals surface area contributed by atoms with Crippen LogP contribution >= 0.6 is 0 Å². The fourth-order valence-electron chi connectivity index (χ4n) is 2.35. The third-order valence-corrected chi connectivity index (χ3v) is 3.67. The Hall–Kier alpha value is -2.26. The molecule has 0 spiro atoms. The zero-order valence-corrected chi connectivity index (χ0v) is 11.5. The fourth-order valence-corrected chi connectivity index (χ4v) is 2.35. The van der Waals surface area contributed by atoms with E-state index in [-0.39, 0.29) is 0 Å². The van der Waals surface area contributed by atoms with Crippen LogP contribution in [0.25, 0.3) is 11.0 Å². The largest absolute Gasteiger partial charge is 0.384 e. The summed E-state index contributed by atoms with van der Waals surface area (Å²) in [4.78, 5) is 8.62. The summed E-state index contributed by atoms with van der Waals surface area (Å²) in [6.07, 6.45) is 2.63. The minimum Gasteiger partial charge on any atom is -0.384 e. The normalized spacial score (nSPS) is 12.6. The maximum Gasteiger partial charge on any atom is 0.106 e. The number of para-hydroxylation sites is 1. The number of rotatable bonds is 2. The molecule has 3 heteroatoms. The minimum absolute atomic E-state index is 0.685. The Bertz CT molecular complexity index is 763. The van der Waals surface area contributed by atoms with Gasteiger partial charge in [-0.05, 0) is 36.6 Å². The highest BCUT2D eigenvalue weighted by Gasteiger charge is 2.15. The Balaban J connectivity index is 2.12. The molecule has 2 aromatic carbocycles. The van der Waals surface area contributed by atoms with Gasteiger partial charge in [0.2, 0.25) is 0 Å². The summed E-state index contributed by atoms with van der Waals surface area (Å²) < 4.78 is 0. The van der Waals surface area contributed by atoms with Gasteiger partial charge in [-0.25, -0.2) is 0 Å². The van der Waals surface area contributed by atoms with Crippen LogP contribution in [0.4, 0.5) is 0 Å². The van der Waals surface area contributed by atoms with Gasteiger partial charge in [-0.1, -0.05) is 30.3 Å². The molecule has 0 fully saturated rings. The molecule has 0 aliphatic carbocycles. The number of nitrogens with zero attached hydrogens (tertiary/aromatic N) is 2. The van der Waals surface area contributed by atoms with E-state index in [1.165, 1.54) is 11.1 Å². The first-order valence-corrected chi connectivity index (χ1v) is 6.61. The Morgan fingerprint density at radius 3 is 2.55 bits per heavy atom. The van der Waals surface area contributed by atoms with E-state index in [1.807, 2.05) is 36.4 Å². The molecule has 0 aliphatic heterocycles. The number of hydrogen-bond donors (Lipinski definition) is 1. The van der Waals surface area contributed by atoms with E-state index in [0.717, 1.165) is 22.2 Å². The summed E-state index contributed by atoms with van der Waals surface area (Å²) in [6, 6.07) is 11.7. The summed E-state index contributed by atoms with van der Waals surface area (Å²) in [5.74, 6) is 0. The number of hydrogen-bond acceptors (Lipinski definition) is 3. The van der Waals surface area contributed by atoms with Crippen molar-refractivity contribution in [2.75, 3.05) is 0 Å². The van der Waals surface area contributed by atoms with Gasteiger partial charge >= 0.3 is 0 Å². The van der Waals surface area contributed by atoms with Crippen molar-refractivity contribution in [2.24, 2.45) is 0 Å². The van der Waals surface area contributed by atoms with Gasteiger partial charge in [0.15, 0.2) is 0 Å². The van der Waals surface area contributed by atoms with Crippen molar-refractivity contribution < 1.29 is 5.11 Å². The molecule has 20 heavy (non-hydrogen) atoms. The molecule has 0 aliphatic rings. The second kappa shape index (κ2) is 5.02. The van der Waals surface area contributed by atoms with Gasteiger partial charge in [0.1, 0.15) is 6.10 Å². The molecule has 3 rings (SSSR count). The maximum absolute atomic E-state index is 10.6. The molecule has 1 aromatic heterocycles. The van der Waals surface area contributed by atoms with E-state index in [1.54, 1.807) is 12.4 Å². The third-order valence-electron chi connectivity index (χ3n) is 3.67. The molecule has 0 saturated carbocycles. The van der Waals surface area contributed by atoms with Crippen LogP contribution in [-0.2, 0) is 0 Å². The highest BCUT2D eigenvalue weighted by molar-refractivity contribution is 5.78. The lowest BCUT2D eigenvalue weighted by molar-refractivity contribution is 0.221. The monoisotopic (exact) mass is 264 g/mol. The predicted octanol–water partition coefficient (Wildman–Crippen LogP) is 3.33. The first-order valence-electron chi connectivity index (χ1n) is 6.61. The van der Waals surface area contributed by atoms with Crippen LogP contribution in [0.1, 0.15) is 28.4 Å². The first-order chi connectivity index (χ1) is 9.66. The number of aryl methyl sites for hydroxylation is 2. The van der Waals surface area contributed by atoms with Crippen molar-refractivity contribution in [3.8, 4) is 0 Å². The van der Waals surface area contributed by atoms with E-state index in [0.29, 0.717) is 0 Å². The van der Waals surface area contributed by atoms with Crippen LogP contribution in [0.2, 0.25) is 0 Å². The van der Waals surface area contributed by atoms with Gasteiger partial charge in [-0.15, -0.1) is 0 Å². The maximum atomic E-state index is 10.6. The first kappa shape index (κ1) is 12.8. The van der Waals surface area contributed by atoms with Gasteiger partial charge in [0.05, 0.1) is 11.0 Å². The molecule has 0 amide bonds. The van der Waals surface area contributed by atoms with E-state index in [9.17, 15) is 5.11 Å². The number of aliphatic hydroxyl groups excluding tert-OH is 1. The van der Waals surface area contributed by atoms with Crippen molar-refractivity contribution in [1.29, 1.82) is 0 Å². The quantitative estimate of drug-likeness (QED) is 0.772. The minimum atomic E-state index is -0.685. The lowest BCUT2D eigenvalue weighted by atomic mass is 9.97. The second-order valence-electron chi connectivity index (χ2n) is 5.02. The fraction of sp³-hybridized carbons (Fsp3) is 0.176. The summed E-state index contributed by atoms with van der Waals surface area (Å²) in [5.41, 5.74) is 5.62. The molecule has 1 atom stereocenters. The summed E-state index contributed by atoms with van der Waals surface area (Å²) >= 11 is 0. The molecule has 1 N–H and O–H groups in total. The van der Waals surface area contributed by atoms with Crippen LogP contribution < -0.4 is 0 Å². The van der Waals surface area contributed by atoms with Crippen molar-refractivity contribution in [3.63, 3.8) is 0 Å². The van der Waals surface area contributed by atoms with Gasteiger partial charge in [0.25, 0.3) is 0 Å². The Morgan fingerprint density at radius 2 is 1.75 bits per heavy atom. The standard InChI is InChI=1S/C17H16N2O/c1-11-6-7-13(10-12(11)2)17(20)14-4-3-5-15-16(14)19-9-8-18-15/h3-10,17,20H,1-2H3. The van der Waals surface area contributed by atoms with Gasteiger partial charge in [-0.2, -0.15) is 0 Å². The van der Waals surface area contributed by atoms with Gasteiger partial charge in [-0.3, -0.25) is 9.97 Å². The SMILES string of the molecule is Cc1ccc(C(O)c2cccc3nccnc23)cc1C. The van der Waals surface area contributed by atoms with Crippen LogP contribution in [0.15, 0.2) is 48.8 Å². The average Bonchev–Trinajstić information content (AvgIpc) is 2.49. The molecule has 1 unspecified atom stereocenters. The molecular formula is C17H16N2O. The highest BCUT2D eigenvalue weighted by Crippen LogP contribution is 2.27. The second-order valence-corrected chi connectivity index (χ2v) is 5.02. The van der Waals surface area contributed by atoms with E-state index in [4.69, 9.17) is 0 Å². The summed E-state index contributed by atoms with van der Waals surface area (Å²) in [5, 5.41) is 10.6. The Labute approximate surface area is 117 Å². The Kier molecular flexibility index (Phi) is 3.20. The molecule has 100 valence electrons. The van der Waals surface area contributed by atoms with Crippen molar-refractivity contribution in [2.45, 2.75) is 20.0 Å². The van der Waals surface area contributed by atoms with E-state index in [2.05, 4.69) is 23.8 Å². The predicted molar refractivity (Wildman–Crippen MR) is 79.5 cm³/mol. The number of aliphatic hydroxyl groups is 1. The molecular weight excluding hydrogens is 248 g/mol. The van der Waals surface area contributed by atoms with Crippen molar-refractivity contribution >= 4 is 11.0 Å². The third kappa shape index (κ3) is 2.17. The molecule has 3 aromatic rings. The zero-order chi connectivity index (χ0) is 14.1. The lowest BCUT2D eigenvalue weighted by Gasteiger charge is -2.14. The molecule has 3 nitrogen and oxygen atoms in total. The van der Waals surface area contributed by atoms with Crippen molar-refractivity contribution in [3.05, 3.63) is 71.0 Å². The molecule has 0 saturated heterocycles. The van der Waals surface area contributed by atoms with E-state index < -0.39 is 6.10 Å². The summed E-state index contributed by atoms with van der Waals surface area (Å²) in [7, 11) is 0. The van der Waals surface area contributed by atoms with Crippen LogP contribution in [0.3, 0.4) is 0 Å². The highest BCUT2D eigenvalue weighted by atomic mass is 16.3. The smallest absolute Gasteiger partial charge is 0.106 e. The molecule has 0 bridgehead atoms. The van der Waals surface area contributed by atoms with E-state index >= 15 is 0 Å². The number of benzene rings is 2. The van der Waals surface area contributed by atoms with Crippen LogP contribution in [0, 0.1) is 13.8 Å². The van der Waals surface area contributed by atoms with Crippen LogP contribution in [0.5, 0.6) is 0 Å². The average molecular weight is 264 g/mol.